The smallest absolute Gasteiger partial charge is 0.239 e. The molecule has 13 heavy (non-hydrogen) atoms. The van der Waals surface area contributed by atoms with Gasteiger partial charge < -0.3 is 15.7 Å². The van der Waals surface area contributed by atoms with Gasteiger partial charge in [-0.2, -0.15) is 0 Å². The number of nitrogens with two attached hydrogens (primary N) is 1. The van der Waals surface area contributed by atoms with Gasteiger partial charge in [-0.1, -0.05) is 0 Å². The lowest BCUT2D eigenvalue weighted by Crippen LogP contribution is -2.51. The highest BCUT2D eigenvalue weighted by molar-refractivity contribution is 5.81. The predicted molar refractivity (Wildman–Crippen MR) is 50.1 cm³/mol. The molecule has 3 N–H and O–H groups in total. The number of hydrogen-bond acceptors (Lipinski definition) is 3. The van der Waals surface area contributed by atoms with Crippen molar-refractivity contribution in [2.45, 2.75) is 38.3 Å². The molecular formula is C9H18N2O2. The molecule has 0 aromatic carbocycles. The highest BCUT2D eigenvalue weighted by Gasteiger charge is 2.29. The molecule has 1 aliphatic carbocycles. The highest BCUT2D eigenvalue weighted by atomic mass is 16.3. The van der Waals surface area contributed by atoms with E-state index >= 15 is 0 Å². The van der Waals surface area contributed by atoms with Crippen LogP contribution in [0, 0.1) is 0 Å². The lowest BCUT2D eigenvalue weighted by atomic mass is 9.91. The molecule has 1 rings (SSSR count). The Kier molecular flexibility index (Phi) is 3.69. The van der Waals surface area contributed by atoms with E-state index in [1.807, 2.05) is 0 Å². The van der Waals surface area contributed by atoms with Crippen molar-refractivity contribution in [1.82, 2.24) is 4.90 Å². The lowest BCUT2D eigenvalue weighted by molar-refractivity contribution is -0.136. The number of rotatable bonds is 4. The first-order chi connectivity index (χ1) is 6.16. The van der Waals surface area contributed by atoms with Gasteiger partial charge in [-0.15, -0.1) is 0 Å². The summed E-state index contributed by atoms with van der Waals surface area (Å²) in [6.45, 7) is 2.13. The molecule has 76 valence electrons. The van der Waals surface area contributed by atoms with E-state index in [4.69, 9.17) is 10.8 Å². The van der Waals surface area contributed by atoms with Crippen molar-refractivity contribution < 1.29 is 9.90 Å². The summed E-state index contributed by atoms with van der Waals surface area (Å²) >= 11 is 0. The minimum absolute atomic E-state index is 0.0228. The van der Waals surface area contributed by atoms with E-state index in [0.29, 0.717) is 12.6 Å². The van der Waals surface area contributed by atoms with Gasteiger partial charge in [0.25, 0.3) is 0 Å². The van der Waals surface area contributed by atoms with Gasteiger partial charge in [0.2, 0.25) is 5.91 Å². The maximum Gasteiger partial charge on any atom is 0.239 e. The van der Waals surface area contributed by atoms with Crippen LogP contribution in [0.4, 0.5) is 0 Å². The molecule has 4 heteroatoms. The Bertz CT molecular complexity index is 178. The first kappa shape index (κ1) is 10.5. The second kappa shape index (κ2) is 4.58. The van der Waals surface area contributed by atoms with Crippen LogP contribution in [0.2, 0.25) is 0 Å². The molecule has 0 aliphatic heterocycles. The molecule has 1 fully saturated rings. The maximum absolute atomic E-state index is 11.6. The lowest BCUT2D eigenvalue weighted by Gasteiger charge is -2.38. The third kappa shape index (κ3) is 2.42. The van der Waals surface area contributed by atoms with Crippen LogP contribution < -0.4 is 5.73 Å². The molecule has 1 saturated carbocycles. The molecule has 0 bridgehead atoms. The van der Waals surface area contributed by atoms with E-state index < -0.39 is 6.04 Å². The molecule has 0 aromatic rings. The van der Waals surface area contributed by atoms with Gasteiger partial charge >= 0.3 is 0 Å². The van der Waals surface area contributed by atoms with Crippen LogP contribution >= 0.6 is 0 Å². The SMILES string of the molecule is CC(N)C(=O)N(CCO)C1CCC1. The van der Waals surface area contributed by atoms with Crippen LogP contribution in [0.5, 0.6) is 0 Å². The van der Waals surface area contributed by atoms with E-state index in [2.05, 4.69) is 0 Å². The van der Waals surface area contributed by atoms with Crippen molar-refractivity contribution in [1.29, 1.82) is 0 Å². The van der Waals surface area contributed by atoms with Crippen molar-refractivity contribution in [3.63, 3.8) is 0 Å². The Hall–Kier alpha value is -0.610. The van der Waals surface area contributed by atoms with Crippen LogP contribution in [0.1, 0.15) is 26.2 Å². The molecule has 0 radical (unpaired) electrons. The largest absolute Gasteiger partial charge is 0.395 e. The van der Waals surface area contributed by atoms with Crippen LogP contribution in [-0.2, 0) is 4.79 Å². The zero-order chi connectivity index (χ0) is 9.84. The van der Waals surface area contributed by atoms with Crippen molar-refractivity contribution in [2.24, 2.45) is 5.73 Å². The monoisotopic (exact) mass is 186 g/mol. The summed E-state index contributed by atoms with van der Waals surface area (Å²) in [6.07, 6.45) is 3.29. The number of nitrogens with zero attached hydrogens (tertiary/aromatic N) is 1. The molecule has 4 nitrogen and oxygen atoms in total. The van der Waals surface area contributed by atoms with Gasteiger partial charge in [0, 0.05) is 12.6 Å². The zero-order valence-corrected chi connectivity index (χ0v) is 8.07. The van der Waals surface area contributed by atoms with Crippen molar-refractivity contribution in [3.05, 3.63) is 0 Å². The molecular weight excluding hydrogens is 168 g/mol. The van der Waals surface area contributed by atoms with E-state index in [0.717, 1.165) is 12.8 Å². The number of amides is 1. The number of carbonyl (C=O) groups is 1. The highest BCUT2D eigenvalue weighted by Crippen LogP contribution is 2.24. The fraction of sp³-hybridized carbons (Fsp3) is 0.889. The number of aliphatic hydroxyl groups excluding tert-OH is 1. The van der Waals surface area contributed by atoms with Crippen molar-refractivity contribution in [2.75, 3.05) is 13.2 Å². The summed E-state index contributed by atoms with van der Waals surface area (Å²) in [5.74, 6) is -0.0428. The predicted octanol–water partition coefficient (Wildman–Crippen LogP) is -0.293. The molecule has 0 spiro atoms. The minimum Gasteiger partial charge on any atom is -0.395 e. The summed E-state index contributed by atoms with van der Waals surface area (Å²) in [5, 5.41) is 8.80. The number of carbonyl (C=O) groups excluding carboxylic acids is 1. The first-order valence-electron chi connectivity index (χ1n) is 4.83. The molecule has 0 saturated heterocycles. The Labute approximate surface area is 78.7 Å². The Morgan fingerprint density at radius 1 is 1.69 bits per heavy atom. The van der Waals surface area contributed by atoms with Gasteiger partial charge in [-0.3, -0.25) is 4.79 Å². The number of hydrogen-bond donors (Lipinski definition) is 2. The Balaban J connectivity index is 2.50. The minimum atomic E-state index is -0.452. The normalized spacial score (nSPS) is 19.3. The van der Waals surface area contributed by atoms with Gasteiger partial charge in [-0.25, -0.2) is 0 Å². The van der Waals surface area contributed by atoms with Crippen LogP contribution in [0.3, 0.4) is 0 Å². The van der Waals surface area contributed by atoms with E-state index in [1.54, 1.807) is 11.8 Å². The van der Waals surface area contributed by atoms with Crippen LogP contribution in [-0.4, -0.2) is 41.1 Å². The zero-order valence-electron chi connectivity index (χ0n) is 8.07. The molecule has 0 aromatic heterocycles. The molecule has 1 amide bonds. The average Bonchev–Trinajstić information content (AvgIpc) is 1.99. The van der Waals surface area contributed by atoms with Gasteiger partial charge in [0.1, 0.15) is 0 Å². The first-order valence-corrected chi connectivity index (χ1v) is 4.83. The summed E-state index contributed by atoms with van der Waals surface area (Å²) < 4.78 is 0. The Morgan fingerprint density at radius 2 is 2.31 bits per heavy atom. The standard InChI is InChI=1S/C9H18N2O2/c1-7(10)9(13)11(5-6-12)8-3-2-4-8/h7-8,12H,2-6,10H2,1H3. The fourth-order valence-corrected chi connectivity index (χ4v) is 1.54. The fourth-order valence-electron chi connectivity index (χ4n) is 1.54. The molecule has 1 atom stereocenters. The number of aliphatic hydroxyl groups is 1. The average molecular weight is 186 g/mol. The van der Waals surface area contributed by atoms with E-state index in [-0.39, 0.29) is 12.5 Å². The maximum atomic E-state index is 11.6. The van der Waals surface area contributed by atoms with E-state index in [9.17, 15) is 4.79 Å². The third-order valence-corrected chi connectivity index (χ3v) is 2.53. The summed E-state index contributed by atoms with van der Waals surface area (Å²) in [5.41, 5.74) is 5.51. The molecule has 1 unspecified atom stereocenters. The summed E-state index contributed by atoms with van der Waals surface area (Å²) in [4.78, 5) is 13.3. The molecule has 1 aliphatic rings. The quantitative estimate of drug-likeness (QED) is 0.634. The van der Waals surface area contributed by atoms with Gasteiger partial charge in [-0.05, 0) is 26.2 Å². The second-order valence-electron chi connectivity index (χ2n) is 3.63. The second-order valence-corrected chi connectivity index (χ2v) is 3.63. The molecule has 0 heterocycles. The van der Waals surface area contributed by atoms with Gasteiger partial charge in [0.05, 0.1) is 12.6 Å². The van der Waals surface area contributed by atoms with Crippen molar-refractivity contribution in [3.8, 4) is 0 Å². The van der Waals surface area contributed by atoms with Crippen molar-refractivity contribution >= 4 is 5.91 Å². The topological polar surface area (TPSA) is 66.6 Å². The summed E-state index contributed by atoms with van der Waals surface area (Å²) in [7, 11) is 0. The van der Waals surface area contributed by atoms with Crippen LogP contribution in [0.15, 0.2) is 0 Å². The summed E-state index contributed by atoms with van der Waals surface area (Å²) in [6, 6.07) is -0.127. The van der Waals surface area contributed by atoms with Crippen LogP contribution in [0.25, 0.3) is 0 Å². The Morgan fingerprint density at radius 3 is 2.62 bits per heavy atom. The third-order valence-electron chi connectivity index (χ3n) is 2.53. The van der Waals surface area contributed by atoms with E-state index in [1.165, 1.54) is 6.42 Å². The van der Waals surface area contributed by atoms with Gasteiger partial charge in [0.15, 0.2) is 0 Å².